The van der Waals surface area contributed by atoms with Gasteiger partial charge in [-0.25, -0.2) is 4.98 Å². The molecule has 4 rings (SSSR count). The number of aryl methyl sites for hydroxylation is 2. The molecule has 2 heterocycles. The van der Waals surface area contributed by atoms with Crippen LogP contribution in [0.15, 0.2) is 50.8 Å². The first kappa shape index (κ1) is 17.9. The Morgan fingerprint density at radius 2 is 1.93 bits per heavy atom. The predicted molar refractivity (Wildman–Crippen MR) is 111 cm³/mol. The van der Waals surface area contributed by atoms with Crippen molar-refractivity contribution in [3.8, 4) is 11.3 Å². The summed E-state index contributed by atoms with van der Waals surface area (Å²) in [6.07, 6.45) is 0.142. The van der Waals surface area contributed by atoms with Gasteiger partial charge in [0.15, 0.2) is 10.7 Å². The van der Waals surface area contributed by atoms with Crippen LogP contribution in [0.4, 0.5) is 5.13 Å². The summed E-state index contributed by atoms with van der Waals surface area (Å²) in [5.74, 6) is -0.167. The average molecular weight is 442 g/mol. The fourth-order valence-corrected chi connectivity index (χ4v) is 3.77. The van der Waals surface area contributed by atoms with Gasteiger partial charge in [-0.15, -0.1) is 11.3 Å². The minimum atomic E-state index is -0.167. The predicted octanol–water partition coefficient (Wildman–Crippen LogP) is 5.51. The Bertz CT molecular complexity index is 1130. The van der Waals surface area contributed by atoms with Crippen LogP contribution in [-0.2, 0) is 11.2 Å². The molecule has 4 aromatic rings. The molecule has 0 aliphatic heterocycles. The molecule has 136 valence electrons. The van der Waals surface area contributed by atoms with Crippen LogP contribution in [0, 0.1) is 13.8 Å². The molecule has 1 N–H and O–H groups in total. The molecular formula is C20H16BrN3O2S. The molecule has 0 bridgehead atoms. The second-order valence-electron chi connectivity index (χ2n) is 6.33. The molecule has 0 radical (unpaired) electrons. The van der Waals surface area contributed by atoms with Crippen molar-refractivity contribution >= 4 is 49.3 Å². The number of carbonyl (C=O) groups is 1. The maximum atomic E-state index is 12.4. The number of anilines is 1. The number of thiazole rings is 1. The fraction of sp³-hybridized carbons (Fsp3) is 0.150. The molecule has 7 heteroatoms. The topological polar surface area (TPSA) is 68.0 Å². The molecule has 0 aliphatic rings. The highest BCUT2D eigenvalue weighted by atomic mass is 79.9. The van der Waals surface area contributed by atoms with E-state index in [-0.39, 0.29) is 12.3 Å². The van der Waals surface area contributed by atoms with Gasteiger partial charge in [0, 0.05) is 20.8 Å². The van der Waals surface area contributed by atoms with Crippen molar-refractivity contribution in [2.24, 2.45) is 0 Å². The van der Waals surface area contributed by atoms with Gasteiger partial charge < -0.3 is 9.84 Å². The maximum absolute atomic E-state index is 12.4. The van der Waals surface area contributed by atoms with Crippen molar-refractivity contribution < 1.29 is 9.32 Å². The van der Waals surface area contributed by atoms with Gasteiger partial charge in [-0.1, -0.05) is 33.2 Å². The number of hydrogen-bond acceptors (Lipinski definition) is 5. The summed E-state index contributed by atoms with van der Waals surface area (Å²) in [5.41, 5.74) is 5.45. The Kier molecular flexibility index (Phi) is 4.80. The Morgan fingerprint density at radius 1 is 1.19 bits per heavy atom. The molecule has 0 saturated heterocycles. The normalized spacial score (nSPS) is 11.1. The van der Waals surface area contributed by atoms with Crippen LogP contribution in [0.3, 0.4) is 0 Å². The first-order valence-corrected chi connectivity index (χ1v) is 10.0. The van der Waals surface area contributed by atoms with E-state index < -0.39 is 0 Å². The Balaban J connectivity index is 1.49. The zero-order valence-corrected chi connectivity index (χ0v) is 17.1. The summed E-state index contributed by atoms with van der Waals surface area (Å²) in [4.78, 5) is 16.9. The van der Waals surface area contributed by atoms with Crippen molar-refractivity contribution in [2.75, 3.05) is 5.32 Å². The van der Waals surface area contributed by atoms with Crippen LogP contribution in [0.25, 0.3) is 22.2 Å². The van der Waals surface area contributed by atoms with Crippen molar-refractivity contribution in [3.63, 3.8) is 0 Å². The highest BCUT2D eigenvalue weighted by Gasteiger charge is 2.15. The van der Waals surface area contributed by atoms with Gasteiger partial charge >= 0.3 is 0 Å². The molecule has 0 spiro atoms. The zero-order chi connectivity index (χ0) is 19.0. The van der Waals surface area contributed by atoms with Crippen LogP contribution in [0.2, 0.25) is 0 Å². The monoisotopic (exact) mass is 441 g/mol. The third kappa shape index (κ3) is 3.79. The Hall–Kier alpha value is -2.51. The molecule has 2 aromatic heterocycles. The molecule has 0 saturated carbocycles. The van der Waals surface area contributed by atoms with Gasteiger partial charge in [0.1, 0.15) is 5.69 Å². The number of fused-ring (bicyclic) bond motifs is 1. The number of rotatable bonds is 4. The number of nitrogens with zero attached hydrogens (tertiary/aromatic N) is 2. The van der Waals surface area contributed by atoms with Crippen molar-refractivity contribution in [3.05, 3.63) is 63.1 Å². The van der Waals surface area contributed by atoms with Crippen LogP contribution in [0.5, 0.6) is 0 Å². The van der Waals surface area contributed by atoms with Crippen LogP contribution < -0.4 is 5.32 Å². The summed E-state index contributed by atoms with van der Waals surface area (Å²) >= 11 is 4.82. The second-order valence-corrected chi connectivity index (χ2v) is 8.11. The molecule has 0 atom stereocenters. The van der Waals surface area contributed by atoms with E-state index in [0.717, 1.165) is 32.2 Å². The first-order valence-electron chi connectivity index (χ1n) is 8.36. The van der Waals surface area contributed by atoms with E-state index >= 15 is 0 Å². The summed E-state index contributed by atoms with van der Waals surface area (Å²) in [6, 6.07) is 11.9. The number of benzene rings is 2. The first-order chi connectivity index (χ1) is 13.0. The molecule has 27 heavy (non-hydrogen) atoms. The van der Waals surface area contributed by atoms with Gasteiger partial charge in [0.25, 0.3) is 0 Å². The molecule has 1 amide bonds. The fourth-order valence-electron chi connectivity index (χ4n) is 2.77. The standard InChI is InChI=1S/C20H16BrN3O2S/c1-11-7-15-16(24-26-18(15)8-12(11)2)9-19(25)23-20-22-17(10-27-20)13-3-5-14(21)6-4-13/h3-8,10H,9H2,1-2H3,(H,22,23,25). The van der Waals surface area contributed by atoms with Crippen LogP contribution in [-0.4, -0.2) is 16.0 Å². The van der Waals surface area contributed by atoms with Gasteiger partial charge in [0.05, 0.1) is 12.1 Å². The second kappa shape index (κ2) is 7.25. The van der Waals surface area contributed by atoms with Gasteiger partial charge in [-0.2, -0.15) is 0 Å². The highest BCUT2D eigenvalue weighted by Crippen LogP contribution is 2.27. The minimum absolute atomic E-state index is 0.142. The Morgan fingerprint density at radius 3 is 2.70 bits per heavy atom. The lowest BCUT2D eigenvalue weighted by atomic mass is 10.1. The van der Waals surface area contributed by atoms with E-state index in [1.807, 2.05) is 55.6 Å². The number of nitrogens with one attached hydrogen (secondary N) is 1. The summed E-state index contributed by atoms with van der Waals surface area (Å²) in [6.45, 7) is 4.06. The van der Waals surface area contributed by atoms with Crippen LogP contribution >= 0.6 is 27.3 Å². The van der Waals surface area contributed by atoms with E-state index in [1.54, 1.807) is 0 Å². The summed E-state index contributed by atoms with van der Waals surface area (Å²) in [7, 11) is 0. The number of halogens is 1. The van der Waals surface area contributed by atoms with Gasteiger partial charge in [-0.3, -0.25) is 4.79 Å². The van der Waals surface area contributed by atoms with Crippen molar-refractivity contribution in [1.29, 1.82) is 0 Å². The van der Waals surface area contributed by atoms with Crippen molar-refractivity contribution in [1.82, 2.24) is 10.1 Å². The number of aromatic nitrogens is 2. The SMILES string of the molecule is Cc1cc2onc(CC(=O)Nc3nc(-c4ccc(Br)cc4)cs3)c2cc1C. The van der Waals surface area contributed by atoms with E-state index in [9.17, 15) is 4.79 Å². The molecule has 2 aromatic carbocycles. The van der Waals surface area contributed by atoms with E-state index in [4.69, 9.17) is 4.52 Å². The summed E-state index contributed by atoms with van der Waals surface area (Å²) in [5, 5.41) is 10.3. The molecule has 5 nitrogen and oxygen atoms in total. The number of carbonyl (C=O) groups excluding carboxylic acids is 1. The molecular weight excluding hydrogens is 426 g/mol. The van der Waals surface area contributed by atoms with Gasteiger partial charge in [0.2, 0.25) is 5.91 Å². The molecule has 0 aliphatic carbocycles. The third-order valence-electron chi connectivity index (χ3n) is 4.38. The number of hydrogen-bond donors (Lipinski definition) is 1. The smallest absolute Gasteiger partial charge is 0.232 e. The third-order valence-corrected chi connectivity index (χ3v) is 5.67. The molecule has 0 unspecified atom stereocenters. The zero-order valence-electron chi connectivity index (χ0n) is 14.7. The average Bonchev–Trinajstić information content (AvgIpc) is 3.24. The largest absolute Gasteiger partial charge is 0.356 e. The quantitative estimate of drug-likeness (QED) is 0.453. The van der Waals surface area contributed by atoms with Crippen LogP contribution in [0.1, 0.15) is 16.8 Å². The minimum Gasteiger partial charge on any atom is -0.356 e. The lowest BCUT2D eigenvalue weighted by Gasteiger charge is -2.01. The number of amides is 1. The van der Waals surface area contributed by atoms with E-state index in [2.05, 4.69) is 31.4 Å². The summed E-state index contributed by atoms with van der Waals surface area (Å²) < 4.78 is 6.37. The van der Waals surface area contributed by atoms with E-state index in [1.165, 1.54) is 11.3 Å². The maximum Gasteiger partial charge on any atom is 0.232 e. The lowest BCUT2D eigenvalue weighted by Crippen LogP contribution is -2.14. The van der Waals surface area contributed by atoms with Crippen molar-refractivity contribution in [2.45, 2.75) is 20.3 Å². The van der Waals surface area contributed by atoms with E-state index in [0.29, 0.717) is 16.4 Å². The Labute approximate surface area is 168 Å². The lowest BCUT2D eigenvalue weighted by molar-refractivity contribution is -0.115. The molecule has 0 fully saturated rings. The highest BCUT2D eigenvalue weighted by molar-refractivity contribution is 9.10. The van der Waals surface area contributed by atoms with Gasteiger partial charge in [-0.05, 0) is 49.2 Å².